The molecule has 4 rings (SSSR count). The quantitative estimate of drug-likeness (QED) is 0.195. The number of fused-ring (bicyclic) bond motifs is 1. The number of nitrogens with one attached hydrogen (secondary N) is 1. The van der Waals surface area contributed by atoms with Crippen LogP contribution in [0.25, 0.3) is 10.9 Å². The Hall–Kier alpha value is -2.95. The predicted octanol–water partition coefficient (Wildman–Crippen LogP) is 6.65. The highest BCUT2D eigenvalue weighted by molar-refractivity contribution is 9.10. The van der Waals surface area contributed by atoms with E-state index in [0.717, 1.165) is 19.4 Å². The number of anilines is 1. The Morgan fingerprint density at radius 2 is 2.12 bits per heavy atom. The van der Waals surface area contributed by atoms with Gasteiger partial charge in [-0.3, -0.25) is 15.0 Å². The third-order valence-electron chi connectivity index (χ3n) is 7.68. The summed E-state index contributed by atoms with van der Waals surface area (Å²) in [6.45, 7) is 8.25. The number of carbonyl (C=O) groups is 1. The highest BCUT2D eigenvalue weighted by atomic mass is 79.9. The van der Waals surface area contributed by atoms with Crippen molar-refractivity contribution < 1.29 is 23.6 Å². The number of benzene rings is 1. The number of hydrogen-bond donors (Lipinski definition) is 1. The maximum atomic E-state index is 15.5. The second kappa shape index (κ2) is 12.7. The summed E-state index contributed by atoms with van der Waals surface area (Å²) in [4.78, 5) is 32.8. The summed E-state index contributed by atoms with van der Waals surface area (Å²) in [5, 5.41) is 25.4. The van der Waals surface area contributed by atoms with Crippen molar-refractivity contribution in [2.75, 3.05) is 25.5 Å². The van der Waals surface area contributed by atoms with E-state index >= 15 is 4.39 Å². The number of amides is 1. The monoisotopic (exact) mass is 668 g/mol. The Bertz CT molecular complexity index is 1420. The number of nitrogens with zero attached hydrogens (tertiary/aromatic N) is 5. The molecule has 3 heterocycles. The highest BCUT2D eigenvalue weighted by Gasteiger charge is 2.38. The summed E-state index contributed by atoms with van der Waals surface area (Å²) in [5.41, 5.74) is -1.26. The molecule has 1 aromatic heterocycles. The van der Waals surface area contributed by atoms with Gasteiger partial charge in [0.05, 0.1) is 26.9 Å². The number of hydrogen-bond acceptors (Lipinski definition) is 9. The average molecular weight is 670 g/mol. The number of aromatic nitrogens is 1. The molecule has 0 bridgehead atoms. The topological polar surface area (TPSA) is 134 Å². The summed E-state index contributed by atoms with van der Waals surface area (Å²) in [6, 6.07) is 2.67. The van der Waals surface area contributed by atoms with E-state index in [0.29, 0.717) is 12.8 Å². The molecule has 14 heteroatoms. The van der Waals surface area contributed by atoms with Crippen molar-refractivity contribution in [3.63, 3.8) is 0 Å². The number of likely N-dealkylation sites (N-methyl/N-ethyl adjacent to an activating group) is 1. The van der Waals surface area contributed by atoms with Gasteiger partial charge in [0.15, 0.2) is 5.82 Å². The molecule has 1 amide bonds. The first-order valence-corrected chi connectivity index (χ1v) is 15.0. The van der Waals surface area contributed by atoms with Crippen molar-refractivity contribution >= 4 is 55.9 Å². The molecule has 0 radical (unpaired) electrons. The molecule has 0 aliphatic carbocycles. The SMILES string of the molecule is C[C@H](Oc1nc2c(F)c(Br)c(Cl)cc2c(N[C@H]2CCN(C(=O)OC(C)(C)C)[C@H](CC#N)C2)c1[N+](=O)[O-])[C@@H]1CCCN1C. The Balaban J connectivity index is 1.75. The van der Waals surface area contributed by atoms with Gasteiger partial charge in [-0.2, -0.15) is 5.26 Å². The zero-order chi connectivity index (χ0) is 30.9. The molecule has 0 saturated carbocycles. The van der Waals surface area contributed by atoms with E-state index in [-0.39, 0.29) is 51.0 Å². The van der Waals surface area contributed by atoms with Crippen molar-refractivity contribution in [3.05, 3.63) is 31.5 Å². The van der Waals surface area contributed by atoms with Crippen molar-refractivity contribution in [1.29, 1.82) is 5.26 Å². The van der Waals surface area contributed by atoms with Gasteiger partial charge in [-0.05, 0) is 89.0 Å². The lowest BCUT2D eigenvalue weighted by atomic mass is 9.95. The molecule has 2 saturated heterocycles. The van der Waals surface area contributed by atoms with Crippen LogP contribution in [0.3, 0.4) is 0 Å². The zero-order valence-electron chi connectivity index (χ0n) is 24.2. The first kappa shape index (κ1) is 32.0. The Labute approximate surface area is 257 Å². The smallest absolute Gasteiger partial charge is 0.410 e. The maximum absolute atomic E-state index is 15.5. The third-order valence-corrected chi connectivity index (χ3v) is 8.98. The molecule has 2 aliphatic heterocycles. The van der Waals surface area contributed by atoms with Gasteiger partial charge in [-0.1, -0.05) is 11.6 Å². The number of nitriles is 1. The zero-order valence-corrected chi connectivity index (χ0v) is 26.6. The molecular formula is C28H35BrClFN6O5. The van der Waals surface area contributed by atoms with Gasteiger partial charge in [0.1, 0.15) is 22.9 Å². The van der Waals surface area contributed by atoms with Gasteiger partial charge >= 0.3 is 11.8 Å². The maximum Gasteiger partial charge on any atom is 0.410 e. The number of carbonyl (C=O) groups excluding carboxylic acids is 1. The van der Waals surface area contributed by atoms with Gasteiger partial charge in [-0.15, -0.1) is 0 Å². The summed E-state index contributed by atoms with van der Waals surface area (Å²) in [6.07, 6.45) is 1.60. The predicted molar refractivity (Wildman–Crippen MR) is 160 cm³/mol. The van der Waals surface area contributed by atoms with Gasteiger partial charge in [-0.25, -0.2) is 14.2 Å². The van der Waals surface area contributed by atoms with E-state index in [1.165, 1.54) is 11.0 Å². The molecule has 0 spiro atoms. The summed E-state index contributed by atoms with van der Waals surface area (Å²) in [5.74, 6) is -1.07. The molecule has 1 N–H and O–H groups in total. The minimum absolute atomic E-state index is 0.0155. The largest absolute Gasteiger partial charge is 0.468 e. The first-order valence-electron chi connectivity index (χ1n) is 13.9. The normalized spacial score (nSPS) is 22.1. The van der Waals surface area contributed by atoms with Crippen molar-refractivity contribution in [1.82, 2.24) is 14.8 Å². The first-order chi connectivity index (χ1) is 19.7. The fourth-order valence-corrected chi connectivity index (χ4v) is 6.20. The van der Waals surface area contributed by atoms with E-state index < -0.39 is 46.3 Å². The number of pyridine rings is 1. The minimum atomic E-state index is -0.770. The third kappa shape index (κ3) is 6.82. The van der Waals surface area contributed by atoms with Crippen LogP contribution >= 0.6 is 27.5 Å². The van der Waals surface area contributed by atoms with Crippen LogP contribution in [0.4, 0.5) is 20.6 Å². The lowest BCUT2D eigenvalue weighted by Crippen LogP contribution is -2.50. The Morgan fingerprint density at radius 1 is 1.40 bits per heavy atom. The van der Waals surface area contributed by atoms with E-state index in [1.54, 1.807) is 20.8 Å². The fraction of sp³-hybridized carbons (Fsp3) is 0.607. The molecule has 2 aromatic rings. The van der Waals surface area contributed by atoms with Crippen LogP contribution < -0.4 is 10.1 Å². The van der Waals surface area contributed by atoms with Gasteiger partial charge < -0.3 is 19.7 Å². The van der Waals surface area contributed by atoms with E-state index in [9.17, 15) is 20.2 Å². The van der Waals surface area contributed by atoms with Crippen LogP contribution in [0.1, 0.15) is 59.8 Å². The molecule has 4 atom stereocenters. The Kier molecular flexibility index (Phi) is 9.69. The van der Waals surface area contributed by atoms with Crippen LogP contribution in [0, 0.1) is 27.3 Å². The molecule has 1 aromatic carbocycles. The molecule has 228 valence electrons. The van der Waals surface area contributed by atoms with Crippen LogP contribution in [0.2, 0.25) is 5.02 Å². The number of piperidine rings is 1. The van der Waals surface area contributed by atoms with E-state index in [2.05, 4.69) is 37.2 Å². The summed E-state index contributed by atoms with van der Waals surface area (Å²) in [7, 11) is 1.97. The van der Waals surface area contributed by atoms with Gasteiger partial charge in [0.2, 0.25) is 0 Å². The molecule has 2 aliphatic rings. The van der Waals surface area contributed by atoms with Crippen LogP contribution in [-0.4, -0.2) is 75.8 Å². The number of halogens is 3. The van der Waals surface area contributed by atoms with Crippen molar-refractivity contribution in [3.8, 4) is 11.9 Å². The van der Waals surface area contributed by atoms with Crippen LogP contribution in [0.15, 0.2) is 10.5 Å². The second-order valence-electron chi connectivity index (χ2n) is 11.8. The minimum Gasteiger partial charge on any atom is -0.468 e. The standard InChI is InChI=1S/C28H35BrClFN6O5/c1-15(20-7-6-11-35(20)5)41-26-25(37(39)40)24(18-14-19(30)21(29)22(31)23(18)34-26)33-16-9-12-36(17(13-16)8-10-32)27(38)42-28(2,3)4/h14-17,20H,6-9,11-13H2,1-5H3,(H,33,34)/t15-,16-,17+,20-/m0/s1. The molecule has 0 unspecified atom stereocenters. The molecule has 2 fully saturated rings. The number of ether oxygens (including phenoxy) is 2. The average Bonchev–Trinajstić information content (AvgIpc) is 3.33. The molecule has 11 nitrogen and oxygen atoms in total. The van der Waals surface area contributed by atoms with E-state index in [1.807, 2.05) is 14.0 Å². The number of nitro groups is 1. The lowest BCUT2D eigenvalue weighted by molar-refractivity contribution is -0.385. The van der Waals surface area contributed by atoms with Gasteiger partial charge in [0.25, 0.3) is 5.88 Å². The highest BCUT2D eigenvalue weighted by Crippen LogP contribution is 2.44. The fourth-order valence-electron chi connectivity index (χ4n) is 5.70. The summed E-state index contributed by atoms with van der Waals surface area (Å²) < 4.78 is 27.2. The Morgan fingerprint density at radius 3 is 2.71 bits per heavy atom. The van der Waals surface area contributed by atoms with Crippen LogP contribution in [0.5, 0.6) is 5.88 Å². The molecule has 42 heavy (non-hydrogen) atoms. The second-order valence-corrected chi connectivity index (χ2v) is 13.0. The van der Waals surface area contributed by atoms with Crippen molar-refractivity contribution in [2.45, 2.75) is 89.6 Å². The lowest BCUT2D eigenvalue weighted by Gasteiger charge is -2.39. The number of likely N-dealkylation sites (tertiary alicyclic amines) is 2. The summed E-state index contributed by atoms with van der Waals surface area (Å²) >= 11 is 9.44. The number of rotatable bonds is 7. The van der Waals surface area contributed by atoms with Crippen molar-refractivity contribution in [2.24, 2.45) is 0 Å². The van der Waals surface area contributed by atoms with Gasteiger partial charge in [0, 0.05) is 30.1 Å². The van der Waals surface area contributed by atoms with E-state index in [4.69, 9.17) is 21.1 Å². The van der Waals surface area contributed by atoms with Crippen LogP contribution in [-0.2, 0) is 4.74 Å². The molecular weight excluding hydrogens is 635 g/mol.